The quantitative estimate of drug-likeness (QED) is 0.771. The number of esters is 1. The Hall–Kier alpha value is -0.940. The molecule has 0 radical (unpaired) electrons. The molecular weight excluding hydrogens is 224 g/mol. The van der Waals surface area contributed by atoms with Crippen LogP contribution < -0.4 is 5.73 Å². The molecule has 1 heterocycles. The summed E-state index contributed by atoms with van der Waals surface area (Å²) in [5.41, 5.74) is 6.94. The Balaban J connectivity index is 2.25. The smallest absolute Gasteiger partial charge is 0.305 e. The minimum Gasteiger partial charge on any atom is -0.466 e. The summed E-state index contributed by atoms with van der Waals surface area (Å²) in [6.07, 6.45) is 1.77. The summed E-state index contributed by atoms with van der Waals surface area (Å²) in [5, 5.41) is 3.04. The number of nitrogens with two attached hydrogens (primary N) is 1. The van der Waals surface area contributed by atoms with E-state index in [2.05, 4.69) is 4.98 Å². The van der Waals surface area contributed by atoms with E-state index < -0.39 is 0 Å². The lowest BCUT2D eigenvalue weighted by Gasteiger charge is -2.08. The summed E-state index contributed by atoms with van der Waals surface area (Å²) in [6.45, 7) is 4.19. The van der Waals surface area contributed by atoms with Crippen molar-refractivity contribution < 1.29 is 9.53 Å². The molecule has 90 valence electrons. The standard InChI is InChI=1S/C11H18N2O2S/c1-3-15-11(14)5-4-9(12)6-10-13-8(2)7-16-10/h7,9H,3-6,12H2,1-2H3. The minimum atomic E-state index is -0.173. The molecule has 1 rings (SSSR count). The topological polar surface area (TPSA) is 65.2 Å². The van der Waals surface area contributed by atoms with Crippen molar-refractivity contribution in [1.82, 2.24) is 4.98 Å². The normalized spacial score (nSPS) is 12.4. The van der Waals surface area contributed by atoms with Crippen molar-refractivity contribution in [3.05, 3.63) is 16.1 Å². The molecule has 0 aliphatic carbocycles. The Morgan fingerprint density at radius 3 is 3.00 bits per heavy atom. The number of rotatable bonds is 6. The predicted molar refractivity (Wildman–Crippen MR) is 64.4 cm³/mol. The molecule has 0 saturated heterocycles. The van der Waals surface area contributed by atoms with Crippen LogP contribution in [0.1, 0.15) is 30.5 Å². The van der Waals surface area contributed by atoms with Crippen molar-refractivity contribution in [1.29, 1.82) is 0 Å². The molecule has 1 aromatic rings. The number of carbonyl (C=O) groups is 1. The van der Waals surface area contributed by atoms with E-state index in [1.165, 1.54) is 0 Å². The van der Waals surface area contributed by atoms with Gasteiger partial charge in [-0.3, -0.25) is 4.79 Å². The van der Waals surface area contributed by atoms with Gasteiger partial charge in [0, 0.05) is 30.0 Å². The van der Waals surface area contributed by atoms with Crippen LogP contribution in [-0.4, -0.2) is 23.6 Å². The molecule has 0 amide bonds. The average Bonchev–Trinajstić information content (AvgIpc) is 2.61. The summed E-state index contributed by atoms with van der Waals surface area (Å²) in [7, 11) is 0. The molecule has 0 aliphatic rings. The number of nitrogens with zero attached hydrogens (tertiary/aromatic N) is 1. The SMILES string of the molecule is CCOC(=O)CCC(N)Cc1nc(C)cs1. The predicted octanol–water partition coefficient (Wildman–Crippen LogP) is 1.66. The number of thiazole rings is 1. The zero-order valence-electron chi connectivity index (χ0n) is 9.73. The van der Waals surface area contributed by atoms with Gasteiger partial charge >= 0.3 is 5.97 Å². The molecule has 1 atom stereocenters. The molecule has 2 N–H and O–H groups in total. The highest BCUT2D eigenvalue weighted by Gasteiger charge is 2.10. The summed E-state index contributed by atoms with van der Waals surface area (Å²) in [5.74, 6) is -0.173. The molecule has 16 heavy (non-hydrogen) atoms. The highest BCUT2D eigenvalue weighted by Crippen LogP contribution is 2.12. The van der Waals surface area contributed by atoms with Gasteiger partial charge in [0.2, 0.25) is 0 Å². The summed E-state index contributed by atoms with van der Waals surface area (Å²) in [6, 6.07) is -0.0186. The second-order valence-corrected chi connectivity index (χ2v) is 4.63. The lowest BCUT2D eigenvalue weighted by Crippen LogP contribution is -2.24. The third-order valence-corrected chi connectivity index (χ3v) is 3.12. The van der Waals surface area contributed by atoms with Crippen molar-refractivity contribution in [2.24, 2.45) is 5.73 Å². The number of aromatic nitrogens is 1. The van der Waals surface area contributed by atoms with E-state index in [0.29, 0.717) is 19.4 Å². The van der Waals surface area contributed by atoms with Crippen molar-refractivity contribution in [3.8, 4) is 0 Å². The van der Waals surface area contributed by atoms with Gasteiger partial charge in [0.1, 0.15) is 0 Å². The maximum absolute atomic E-state index is 11.1. The maximum atomic E-state index is 11.1. The van der Waals surface area contributed by atoms with Gasteiger partial charge in [0.25, 0.3) is 0 Å². The first-order chi connectivity index (χ1) is 7.61. The number of hydrogen-bond donors (Lipinski definition) is 1. The monoisotopic (exact) mass is 242 g/mol. The first-order valence-corrected chi connectivity index (χ1v) is 6.32. The Kier molecular flexibility index (Phi) is 5.42. The van der Waals surface area contributed by atoms with Gasteiger partial charge in [0.05, 0.1) is 11.6 Å². The van der Waals surface area contributed by atoms with E-state index >= 15 is 0 Å². The molecule has 1 unspecified atom stereocenters. The van der Waals surface area contributed by atoms with Crippen molar-refractivity contribution in [2.45, 2.75) is 39.2 Å². The lowest BCUT2D eigenvalue weighted by atomic mass is 10.1. The van der Waals surface area contributed by atoms with Crippen LogP contribution in [0.5, 0.6) is 0 Å². The average molecular weight is 242 g/mol. The first-order valence-electron chi connectivity index (χ1n) is 5.44. The van der Waals surface area contributed by atoms with Gasteiger partial charge in [-0.05, 0) is 20.3 Å². The van der Waals surface area contributed by atoms with Crippen LogP contribution in [0.25, 0.3) is 0 Å². The van der Waals surface area contributed by atoms with E-state index in [0.717, 1.165) is 17.1 Å². The molecule has 0 aliphatic heterocycles. The summed E-state index contributed by atoms with van der Waals surface area (Å²) >= 11 is 1.62. The van der Waals surface area contributed by atoms with Crippen molar-refractivity contribution in [3.63, 3.8) is 0 Å². The summed E-state index contributed by atoms with van der Waals surface area (Å²) in [4.78, 5) is 15.4. The van der Waals surface area contributed by atoms with Crippen LogP contribution in [0.15, 0.2) is 5.38 Å². The Morgan fingerprint density at radius 1 is 1.69 bits per heavy atom. The fourth-order valence-electron chi connectivity index (χ4n) is 1.36. The van der Waals surface area contributed by atoms with Crippen LogP contribution in [0, 0.1) is 6.92 Å². The lowest BCUT2D eigenvalue weighted by molar-refractivity contribution is -0.143. The van der Waals surface area contributed by atoms with Gasteiger partial charge in [-0.2, -0.15) is 0 Å². The van der Waals surface area contributed by atoms with Crippen molar-refractivity contribution >= 4 is 17.3 Å². The van der Waals surface area contributed by atoms with Gasteiger partial charge < -0.3 is 10.5 Å². The van der Waals surface area contributed by atoms with Crippen LogP contribution in [0.3, 0.4) is 0 Å². The maximum Gasteiger partial charge on any atom is 0.305 e. The van der Waals surface area contributed by atoms with Crippen molar-refractivity contribution in [2.75, 3.05) is 6.61 Å². The molecule has 0 aromatic carbocycles. The summed E-state index contributed by atoms with van der Waals surface area (Å²) < 4.78 is 4.84. The second kappa shape index (κ2) is 6.60. The number of carbonyl (C=O) groups excluding carboxylic acids is 1. The molecule has 4 nitrogen and oxygen atoms in total. The van der Waals surface area contributed by atoms with Crippen LogP contribution in [0.4, 0.5) is 0 Å². The first kappa shape index (κ1) is 13.1. The van der Waals surface area contributed by atoms with Gasteiger partial charge in [-0.25, -0.2) is 4.98 Å². The highest BCUT2D eigenvalue weighted by atomic mass is 32.1. The molecular formula is C11H18N2O2S. The van der Waals surface area contributed by atoms with Gasteiger partial charge in [-0.15, -0.1) is 11.3 Å². The highest BCUT2D eigenvalue weighted by molar-refractivity contribution is 7.09. The zero-order chi connectivity index (χ0) is 12.0. The molecule has 0 bridgehead atoms. The third kappa shape index (κ3) is 4.72. The van der Waals surface area contributed by atoms with Gasteiger partial charge in [-0.1, -0.05) is 0 Å². The zero-order valence-corrected chi connectivity index (χ0v) is 10.5. The fourth-order valence-corrected chi connectivity index (χ4v) is 2.23. The number of aryl methyl sites for hydroxylation is 1. The molecule has 0 fully saturated rings. The van der Waals surface area contributed by atoms with E-state index in [1.807, 2.05) is 12.3 Å². The van der Waals surface area contributed by atoms with Crippen LogP contribution in [0.2, 0.25) is 0 Å². The fraction of sp³-hybridized carbons (Fsp3) is 0.636. The Morgan fingerprint density at radius 2 is 2.44 bits per heavy atom. The van der Waals surface area contributed by atoms with E-state index in [1.54, 1.807) is 18.3 Å². The second-order valence-electron chi connectivity index (χ2n) is 3.69. The Labute approximate surface area is 99.8 Å². The third-order valence-electron chi connectivity index (χ3n) is 2.13. The minimum absolute atomic E-state index is 0.0186. The Bertz CT molecular complexity index is 338. The number of hydrogen-bond acceptors (Lipinski definition) is 5. The van der Waals surface area contributed by atoms with E-state index in [9.17, 15) is 4.79 Å². The molecule has 0 spiro atoms. The van der Waals surface area contributed by atoms with E-state index in [4.69, 9.17) is 10.5 Å². The van der Waals surface area contributed by atoms with Crippen LogP contribution >= 0.6 is 11.3 Å². The molecule has 5 heteroatoms. The molecule has 1 aromatic heterocycles. The van der Waals surface area contributed by atoms with E-state index in [-0.39, 0.29) is 12.0 Å². The molecule has 0 saturated carbocycles. The van der Waals surface area contributed by atoms with Crippen LogP contribution in [-0.2, 0) is 16.0 Å². The largest absolute Gasteiger partial charge is 0.466 e. The van der Waals surface area contributed by atoms with Gasteiger partial charge in [0.15, 0.2) is 0 Å². The number of ether oxygens (including phenoxy) is 1.